The van der Waals surface area contributed by atoms with Gasteiger partial charge >= 0.3 is 0 Å². The summed E-state index contributed by atoms with van der Waals surface area (Å²) in [5.74, 6) is 5.73. The molecule has 0 aliphatic carbocycles. The average molecular weight is 317 g/mol. The SMILES string of the molecule is CN1CCN(C)C(CC(NN)c2ccc(Cl)c(Cl)c2)C1. The Kier molecular flexibility index (Phi) is 5.66. The molecule has 1 heterocycles. The Labute approximate surface area is 130 Å². The van der Waals surface area contributed by atoms with Gasteiger partial charge in [-0.2, -0.15) is 0 Å². The van der Waals surface area contributed by atoms with Crippen molar-refractivity contribution < 1.29 is 0 Å². The number of hydrogen-bond donors (Lipinski definition) is 2. The standard InChI is InChI=1S/C14H22Cl2N4/c1-19-5-6-20(2)11(9-19)8-14(18-17)10-3-4-12(15)13(16)7-10/h3-4,7,11,14,18H,5-6,8-9,17H2,1-2H3. The van der Waals surface area contributed by atoms with E-state index < -0.39 is 0 Å². The minimum Gasteiger partial charge on any atom is -0.304 e. The number of hydrazine groups is 1. The summed E-state index contributed by atoms with van der Waals surface area (Å²) in [6.07, 6.45) is 0.940. The van der Waals surface area contributed by atoms with Gasteiger partial charge in [0.1, 0.15) is 0 Å². The highest BCUT2D eigenvalue weighted by atomic mass is 35.5. The molecule has 112 valence electrons. The number of nitrogens with two attached hydrogens (primary N) is 1. The van der Waals surface area contributed by atoms with Gasteiger partial charge in [-0.3, -0.25) is 11.3 Å². The monoisotopic (exact) mass is 316 g/mol. The zero-order valence-corrected chi connectivity index (χ0v) is 13.5. The predicted octanol–water partition coefficient (Wildman–Crippen LogP) is 2.13. The lowest BCUT2D eigenvalue weighted by Crippen LogP contribution is -2.51. The molecule has 1 saturated heterocycles. The molecule has 4 nitrogen and oxygen atoms in total. The minimum absolute atomic E-state index is 0.0729. The minimum atomic E-state index is 0.0729. The van der Waals surface area contributed by atoms with E-state index in [9.17, 15) is 0 Å². The van der Waals surface area contributed by atoms with Gasteiger partial charge in [-0.05, 0) is 38.2 Å². The third kappa shape index (κ3) is 3.85. The Morgan fingerprint density at radius 1 is 1.30 bits per heavy atom. The number of nitrogens with one attached hydrogen (secondary N) is 1. The Balaban J connectivity index is 2.09. The molecule has 1 fully saturated rings. The van der Waals surface area contributed by atoms with E-state index in [0.717, 1.165) is 31.6 Å². The van der Waals surface area contributed by atoms with Crippen LogP contribution in [0.1, 0.15) is 18.0 Å². The first kappa shape index (κ1) is 16.0. The lowest BCUT2D eigenvalue weighted by Gasteiger charge is -2.39. The van der Waals surface area contributed by atoms with Crippen molar-refractivity contribution in [1.82, 2.24) is 15.2 Å². The van der Waals surface area contributed by atoms with Gasteiger partial charge in [-0.25, -0.2) is 0 Å². The number of hydrogen-bond acceptors (Lipinski definition) is 4. The van der Waals surface area contributed by atoms with Crippen LogP contribution in [0.3, 0.4) is 0 Å². The molecule has 6 heteroatoms. The summed E-state index contributed by atoms with van der Waals surface area (Å²) in [6.45, 7) is 3.25. The lowest BCUT2D eigenvalue weighted by atomic mass is 9.97. The normalized spacial score (nSPS) is 22.9. The number of halogens is 2. The van der Waals surface area contributed by atoms with Crippen molar-refractivity contribution in [2.45, 2.75) is 18.5 Å². The second-order valence-electron chi connectivity index (χ2n) is 5.53. The maximum atomic E-state index is 6.09. The average Bonchev–Trinajstić information content (AvgIpc) is 2.43. The first-order valence-corrected chi connectivity index (χ1v) is 7.56. The fraction of sp³-hybridized carbons (Fsp3) is 0.571. The Hall–Kier alpha value is -0.360. The predicted molar refractivity (Wildman–Crippen MR) is 85.1 cm³/mol. The molecule has 0 saturated carbocycles. The Bertz CT molecular complexity index is 455. The number of rotatable bonds is 4. The van der Waals surface area contributed by atoms with Crippen LogP contribution in [0, 0.1) is 0 Å². The van der Waals surface area contributed by atoms with E-state index >= 15 is 0 Å². The molecule has 2 unspecified atom stereocenters. The summed E-state index contributed by atoms with van der Waals surface area (Å²) in [5, 5.41) is 1.14. The quantitative estimate of drug-likeness (QED) is 0.660. The summed E-state index contributed by atoms with van der Waals surface area (Å²) in [5.41, 5.74) is 3.97. The Morgan fingerprint density at radius 3 is 2.70 bits per heavy atom. The van der Waals surface area contributed by atoms with E-state index in [0.29, 0.717) is 16.1 Å². The lowest BCUT2D eigenvalue weighted by molar-refractivity contribution is 0.101. The molecule has 0 aromatic heterocycles. The van der Waals surface area contributed by atoms with Crippen molar-refractivity contribution in [2.24, 2.45) is 5.84 Å². The van der Waals surface area contributed by atoms with Gasteiger partial charge in [-0.15, -0.1) is 0 Å². The number of piperazine rings is 1. The molecule has 20 heavy (non-hydrogen) atoms. The van der Waals surface area contributed by atoms with Crippen molar-refractivity contribution in [1.29, 1.82) is 0 Å². The fourth-order valence-electron chi connectivity index (χ4n) is 2.66. The molecular weight excluding hydrogens is 295 g/mol. The van der Waals surface area contributed by atoms with Gasteiger partial charge in [-0.1, -0.05) is 29.3 Å². The van der Waals surface area contributed by atoms with E-state index in [-0.39, 0.29) is 6.04 Å². The topological polar surface area (TPSA) is 44.5 Å². The van der Waals surface area contributed by atoms with Crippen molar-refractivity contribution in [3.05, 3.63) is 33.8 Å². The summed E-state index contributed by atoms with van der Waals surface area (Å²) in [7, 11) is 4.32. The van der Waals surface area contributed by atoms with E-state index in [2.05, 4.69) is 29.3 Å². The van der Waals surface area contributed by atoms with Crippen LogP contribution in [0.4, 0.5) is 0 Å². The number of likely N-dealkylation sites (N-methyl/N-ethyl adjacent to an activating group) is 2. The van der Waals surface area contributed by atoms with Crippen molar-refractivity contribution in [2.75, 3.05) is 33.7 Å². The number of nitrogens with zero attached hydrogens (tertiary/aromatic N) is 2. The molecule has 0 amide bonds. The van der Waals surface area contributed by atoms with Gasteiger partial charge in [0.05, 0.1) is 10.0 Å². The zero-order valence-electron chi connectivity index (χ0n) is 11.9. The van der Waals surface area contributed by atoms with Crippen LogP contribution in [0.2, 0.25) is 10.0 Å². The van der Waals surface area contributed by atoms with E-state index in [1.165, 1.54) is 0 Å². The van der Waals surface area contributed by atoms with Gasteiger partial charge < -0.3 is 9.80 Å². The van der Waals surface area contributed by atoms with Crippen LogP contribution in [-0.2, 0) is 0 Å². The van der Waals surface area contributed by atoms with E-state index in [1.807, 2.05) is 18.2 Å². The molecule has 0 spiro atoms. The second-order valence-corrected chi connectivity index (χ2v) is 6.34. The van der Waals surface area contributed by atoms with E-state index in [4.69, 9.17) is 29.0 Å². The molecule has 0 radical (unpaired) electrons. The number of benzene rings is 1. The van der Waals surface area contributed by atoms with Gasteiger partial charge in [0.25, 0.3) is 0 Å². The maximum absolute atomic E-state index is 6.09. The highest BCUT2D eigenvalue weighted by molar-refractivity contribution is 6.42. The van der Waals surface area contributed by atoms with Crippen LogP contribution in [-0.4, -0.2) is 49.6 Å². The highest BCUT2D eigenvalue weighted by Gasteiger charge is 2.25. The largest absolute Gasteiger partial charge is 0.304 e. The zero-order chi connectivity index (χ0) is 14.7. The van der Waals surface area contributed by atoms with Crippen molar-refractivity contribution in [3.8, 4) is 0 Å². The first-order chi connectivity index (χ1) is 9.51. The molecule has 2 atom stereocenters. The molecule has 0 bridgehead atoms. The highest BCUT2D eigenvalue weighted by Crippen LogP contribution is 2.28. The van der Waals surface area contributed by atoms with Gasteiger partial charge in [0.2, 0.25) is 0 Å². The van der Waals surface area contributed by atoms with Crippen molar-refractivity contribution >= 4 is 23.2 Å². The van der Waals surface area contributed by atoms with Crippen LogP contribution in [0.15, 0.2) is 18.2 Å². The third-order valence-corrected chi connectivity index (χ3v) is 4.77. The third-order valence-electron chi connectivity index (χ3n) is 4.04. The fourth-order valence-corrected chi connectivity index (χ4v) is 2.96. The van der Waals surface area contributed by atoms with E-state index in [1.54, 1.807) is 0 Å². The molecular formula is C14H22Cl2N4. The van der Waals surface area contributed by atoms with Crippen LogP contribution >= 0.6 is 23.2 Å². The molecule has 3 N–H and O–H groups in total. The molecule has 2 rings (SSSR count). The van der Waals surface area contributed by atoms with Gasteiger partial charge in [0.15, 0.2) is 0 Å². The summed E-state index contributed by atoms with van der Waals surface area (Å²) in [4.78, 5) is 4.74. The molecule has 1 aromatic carbocycles. The van der Waals surface area contributed by atoms with Crippen LogP contribution < -0.4 is 11.3 Å². The van der Waals surface area contributed by atoms with Crippen molar-refractivity contribution in [3.63, 3.8) is 0 Å². The Morgan fingerprint density at radius 2 is 2.05 bits per heavy atom. The molecule has 1 aromatic rings. The smallest absolute Gasteiger partial charge is 0.0595 e. The second kappa shape index (κ2) is 7.07. The van der Waals surface area contributed by atoms with Gasteiger partial charge in [0, 0.05) is 31.7 Å². The summed E-state index contributed by atoms with van der Waals surface area (Å²) >= 11 is 12.1. The molecule has 1 aliphatic rings. The first-order valence-electron chi connectivity index (χ1n) is 6.81. The summed E-state index contributed by atoms with van der Waals surface area (Å²) in [6, 6.07) is 6.24. The van der Waals surface area contributed by atoms with Crippen LogP contribution in [0.5, 0.6) is 0 Å². The summed E-state index contributed by atoms with van der Waals surface area (Å²) < 4.78 is 0. The maximum Gasteiger partial charge on any atom is 0.0595 e. The van der Waals surface area contributed by atoms with Crippen LogP contribution in [0.25, 0.3) is 0 Å². The molecule has 1 aliphatic heterocycles.